The van der Waals surface area contributed by atoms with Crippen LogP contribution in [0, 0.1) is 0 Å². The lowest BCUT2D eigenvalue weighted by atomic mass is 9.92. The smallest absolute Gasteiger partial charge is 0.176 e. The van der Waals surface area contributed by atoms with Gasteiger partial charge in [-0.15, -0.1) is 0 Å². The fourth-order valence-corrected chi connectivity index (χ4v) is 3.22. The summed E-state index contributed by atoms with van der Waals surface area (Å²) in [5.74, 6) is 1.74. The highest BCUT2D eigenvalue weighted by molar-refractivity contribution is 5.83. The van der Waals surface area contributed by atoms with Gasteiger partial charge in [0, 0.05) is 11.4 Å². The predicted octanol–water partition coefficient (Wildman–Crippen LogP) is 3.79. The molecule has 120 valence electrons. The standard InChI is InChI=1S/C18H25NO3/c1-3-21-16-6-4-5-13-11-17(22-18(13)16)12(2)19-14-7-9-15(20)10-8-14/h4-6,11-12,14-15,19-20H,3,7-10H2,1-2H3. The number of aliphatic hydroxyl groups excluding tert-OH is 1. The molecule has 1 unspecified atom stereocenters. The molecule has 1 aliphatic carbocycles. The van der Waals surface area contributed by atoms with Crippen molar-refractivity contribution < 1.29 is 14.3 Å². The van der Waals surface area contributed by atoms with Crippen LogP contribution in [0.15, 0.2) is 28.7 Å². The van der Waals surface area contributed by atoms with E-state index in [1.165, 1.54) is 0 Å². The Morgan fingerprint density at radius 1 is 1.32 bits per heavy atom. The Hall–Kier alpha value is -1.52. The third-order valence-electron chi connectivity index (χ3n) is 4.44. The normalized spacial score (nSPS) is 23.6. The highest BCUT2D eigenvalue weighted by atomic mass is 16.5. The number of aliphatic hydroxyl groups is 1. The van der Waals surface area contributed by atoms with Gasteiger partial charge in [-0.3, -0.25) is 0 Å². The van der Waals surface area contributed by atoms with Gasteiger partial charge < -0.3 is 19.6 Å². The van der Waals surface area contributed by atoms with Crippen molar-refractivity contribution in [2.24, 2.45) is 0 Å². The molecule has 2 aromatic rings. The van der Waals surface area contributed by atoms with E-state index < -0.39 is 0 Å². The van der Waals surface area contributed by atoms with Gasteiger partial charge in [0.25, 0.3) is 0 Å². The molecule has 0 radical (unpaired) electrons. The topological polar surface area (TPSA) is 54.6 Å². The van der Waals surface area contributed by atoms with E-state index in [-0.39, 0.29) is 12.1 Å². The Morgan fingerprint density at radius 3 is 2.82 bits per heavy atom. The molecular weight excluding hydrogens is 278 g/mol. The molecule has 1 aliphatic rings. The van der Waals surface area contributed by atoms with Crippen LogP contribution in [0.4, 0.5) is 0 Å². The number of nitrogens with one attached hydrogen (secondary N) is 1. The largest absolute Gasteiger partial charge is 0.490 e. The van der Waals surface area contributed by atoms with Gasteiger partial charge in [0.2, 0.25) is 0 Å². The molecule has 0 aliphatic heterocycles. The SMILES string of the molecule is CCOc1cccc2cc(C(C)NC3CCC(O)CC3)oc12. The van der Waals surface area contributed by atoms with Crippen molar-refractivity contribution in [2.45, 2.75) is 57.7 Å². The van der Waals surface area contributed by atoms with E-state index in [2.05, 4.69) is 24.4 Å². The molecule has 1 aromatic carbocycles. The van der Waals surface area contributed by atoms with Crippen molar-refractivity contribution in [1.82, 2.24) is 5.32 Å². The highest BCUT2D eigenvalue weighted by Gasteiger charge is 2.22. The number of hydrogen-bond donors (Lipinski definition) is 2. The first-order chi connectivity index (χ1) is 10.7. The monoisotopic (exact) mass is 303 g/mol. The third-order valence-corrected chi connectivity index (χ3v) is 4.44. The molecule has 1 fully saturated rings. The predicted molar refractivity (Wildman–Crippen MR) is 87.2 cm³/mol. The van der Waals surface area contributed by atoms with Crippen molar-refractivity contribution in [3.63, 3.8) is 0 Å². The second-order valence-electron chi connectivity index (χ2n) is 6.15. The van der Waals surface area contributed by atoms with Crippen LogP contribution in [0.5, 0.6) is 5.75 Å². The van der Waals surface area contributed by atoms with Crippen LogP contribution >= 0.6 is 0 Å². The average Bonchev–Trinajstić information content (AvgIpc) is 2.95. The summed E-state index contributed by atoms with van der Waals surface area (Å²) in [5.41, 5.74) is 0.826. The van der Waals surface area contributed by atoms with Gasteiger partial charge in [0.05, 0.1) is 18.8 Å². The van der Waals surface area contributed by atoms with Gasteiger partial charge in [-0.25, -0.2) is 0 Å². The fourth-order valence-electron chi connectivity index (χ4n) is 3.22. The number of furan rings is 1. The van der Waals surface area contributed by atoms with E-state index in [1.54, 1.807) is 0 Å². The summed E-state index contributed by atoms with van der Waals surface area (Å²) in [6, 6.07) is 8.69. The third kappa shape index (κ3) is 3.28. The van der Waals surface area contributed by atoms with Crippen molar-refractivity contribution in [3.05, 3.63) is 30.0 Å². The van der Waals surface area contributed by atoms with E-state index in [9.17, 15) is 5.11 Å². The number of hydrogen-bond acceptors (Lipinski definition) is 4. The lowest BCUT2D eigenvalue weighted by molar-refractivity contribution is 0.114. The minimum atomic E-state index is -0.117. The van der Waals surface area contributed by atoms with Gasteiger partial charge in [0.15, 0.2) is 11.3 Å². The number of rotatable bonds is 5. The molecule has 1 atom stereocenters. The number of benzene rings is 1. The summed E-state index contributed by atoms with van der Waals surface area (Å²) in [6.07, 6.45) is 3.71. The molecule has 0 bridgehead atoms. The maximum atomic E-state index is 9.59. The van der Waals surface area contributed by atoms with Crippen LogP contribution in [0.2, 0.25) is 0 Å². The maximum absolute atomic E-state index is 9.59. The van der Waals surface area contributed by atoms with Crippen LogP contribution < -0.4 is 10.1 Å². The molecule has 4 nitrogen and oxygen atoms in total. The molecule has 22 heavy (non-hydrogen) atoms. The molecule has 1 aromatic heterocycles. The summed E-state index contributed by atoms with van der Waals surface area (Å²) >= 11 is 0. The van der Waals surface area contributed by atoms with Crippen molar-refractivity contribution in [1.29, 1.82) is 0 Å². The Labute approximate surface area is 131 Å². The second kappa shape index (κ2) is 6.71. The van der Waals surface area contributed by atoms with Gasteiger partial charge >= 0.3 is 0 Å². The summed E-state index contributed by atoms with van der Waals surface area (Å²) in [4.78, 5) is 0. The Morgan fingerprint density at radius 2 is 2.09 bits per heavy atom. The zero-order chi connectivity index (χ0) is 15.5. The molecule has 4 heteroatoms. The molecule has 1 saturated carbocycles. The van der Waals surface area contributed by atoms with Gasteiger partial charge in [-0.05, 0) is 51.7 Å². The zero-order valence-electron chi connectivity index (χ0n) is 13.3. The highest BCUT2D eigenvalue weighted by Crippen LogP contribution is 2.32. The number of ether oxygens (including phenoxy) is 1. The number of fused-ring (bicyclic) bond motifs is 1. The van der Waals surface area contributed by atoms with Gasteiger partial charge in [0.1, 0.15) is 5.76 Å². The first-order valence-electron chi connectivity index (χ1n) is 8.26. The average molecular weight is 303 g/mol. The first-order valence-corrected chi connectivity index (χ1v) is 8.26. The Bertz CT molecular complexity index is 614. The van der Waals surface area contributed by atoms with E-state index in [4.69, 9.17) is 9.15 Å². The lowest BCUT2D eigenvalue weighted by Crippen LogP contribution is -2.36. The summed E-state index contributed by atoms with van der Waals surface area (Å²) in [5, 5.41) is 14.3. The van der Waals surface area contributed by atoms with Crippen molar-refractivity contribution in [2.75, 3.05) is 6.61 Å². The molecule has 0 amide bonds. The Kier molecular flexibility index (Phi) is 4.69. The quantitative estimate of drug-likeness (QED) is 0.882. The van der Waals surface area contributed by atoms with E-state index in [0.29, 0.717) is 12.6 Å². The summed E-state index contributed by atoms with van der Waals surface area (Å²) < 4.78 is 11.7. The molecule has 0 saturated heterocycles. The minimum absolute atomic E-state index is 0.117. The van der Waals surface area contributed by atoms with Crippen LogP contribution in [-0.4, -0.2) is 23.9 Å². The Balaban J connectivity index is 1.73. The summed E-state index contributed by atoms with van der Waals surface area (Å²) in [7, 11) is 0. The molecule has 1 heterocycles. The van der Waals surface area contributed by atoms with Crippen LogP contribution in [0.3, 0.4) is 0 Å². The fraction of sp³-hybridized carbons (Fsp3) is 0.556. The van der Waals surface area contributed by atoms with E-state index in [0.717, 1.165) is 48.2 Å². The lowest BCUT2D eigenvalue weighted by Gasteiger charge is -2.28. The van der Waals surface area contributed by atoms with Crippen molar-refractivity contribution >= 4 is 11.0 Å². The molecule has 2 N–H and O–H groups in total. The summed E-state index contributed by atoms with van der Waals surface area (Å²) in [6.45, 7) is 4.74. The zero-order valence-corrected chi connectivity index (χ0v) is 13.3. The maximum Gasteiger partial charge on any atom is 0.176 e. The van der Waals surface area contributed by atoms with E-state index in [1.807, 2.05) is 19.1 Å². The van der Waals surface area contributed by atoms with E-state index >= 15 is 0 Å². The van der Waals surface area contributed by atoms with Gasteiger partial charge in [-0.2, -0.15) is 0 Å². The van der Waals surface area contributed by atoms with Crippen LogP contribution in [0.25, 0.3) is 11.0 Å². The molecule has 3 rings (SSSR count). The van der Waals surface area contributed by atoms with Crippen molar-refractivity contribution in [3.8, 4) is 5.75 Å². The number of para-hydroxylation sites is 1. The van der Waals surface area contributed by atoms with Crippen LogP contribution in [0.1, 0.15) is 51.3 Å². The second-order valence-corrected chi connectivity index (χ2v) is 6.15. The van der Waals surface area contributed by atoms with Crippen LogP contribution in [-0.2, 0) is 0 Å². The van der Waals surface area contributed by atoms with Gasteiger partial charge in [-0.1, -0.05) is 12.1 Å². The minimum Gasteiger partial charge on any atom is -0.490 e. The first kappa shape index (κ1) is 15.4. The molecule has 0 spiro atoms. The molecular formula is C18H25NO3.